The molecule has 8 aromatic carbocycles. The molecule has 11 aromatic rings. The van der Waals surface area contributed by atoms with E-state index in [9.17, 15) is 4.39 Å². The second kappa shape index (κ2) is 18.2. The average molecular weight is 1070 g/mol. The number of pyridine rings is 1. The topological polar surface area (TPSA) is 43.9 Å². The van der Waals surface area contributed by atoms with Crippen LogP contribution in [0.1, 0.15) is 0 Å². The second-order valence-electron chi connectivity index (χ2n) is 16.6. The first kappa shape index (κ1) is 42.6. The van der Waals surface area contributed by atoms with Crippen molar-refractivity contribution in [1.29, 1.82) is 0 Å². The quantitative estimate of drug-likeness (QED) is 0.118. The number of halogens is 1. The van der Waals surface area contributed by atoms with E-state index < -0.39 is 13.3 Å². The van der Waals surface area contributed by atoms with Crippen molar-refractivity contribution in [2.45, 2.75) is 17.3 Å². The molecule has 0 atom stereocenters. The minimum absolute atomic E-state index is 0. The minimum Gasteiger partial charge on any atom is 0 e. The monoisotopic (exact) mass is 1070 g/mol. The van der Waals surface area contributed by atoms with Gasteiger partial charge in [0.2, 0.25) is 0 Å². The van der Waals surface area contributed by atoms with Crippen molar-refractivity contribution < 1.29 is 28.9 Å². The van der Waals surface area contributed by atoms with Crippen LogP contribution in [0.3, 0.4) is 0 Å². The number of nitrogens with zero attached hydrogens (tertiary/aromatic N) is 3. The number of imidazole rings is 1. The zero-order chi connectivity index (χ0) is 42.9. The van der Waals surface area contributed by atoms with Gasteiger partial charge < -0.3 is 8.98 Å². The fourth-order valence-electron chi connectivity index (χ4n) is 8.18. The summed E-state index contributed by atoms with van der Waals surface area (Å²) in [5, 5.41) is 1.75. The van der Waals surface area contributed by atoms with Gasteiger partial charge in [0.1, 0.15) is 11.4 Å². The molecule has 0 aliphatic rings. The molecule has 313 valence electrons. The van der Waals surface area contributed by atoms with E-state index in [0.29, 0.717) is 22.6 Å². The van der Waals surface area contributed by atoms with Gasteiger partial charge in [-0.1, -0.05) is 126 Å². The molecule has 3 aromatic heterocycles. The third-order valence-electron chi connectivity index (χ3n) is 11.4. The summed E-state index contributed by atoms with van der Waals surface area (Å²) < 4.78 is 24.7. The zero-order valence-corrected chi connectivity index (χ0v) is 40.0. The molecule has 0 amide bonds. The molecule has 7 heteroatoms. The molecule has 0 bridgehead atoms. The van der Waals surface area contributed by atoms with E-state index in [-0.39, 0.29) is 25.9 Å². The molecule has 0 aliphatic carbocycles. The zero-order valence-electron chi connectivity index (χ0n) is 35.5. The van der Waals surface area contributed by atoms with Gasteiger partial charge in [-0.15, -0.1) is 12.1 Å². The Labute approximate surface area is 388 Å². The maximum atomic E-state index is 14.5. The van der Waals surface area contributed by atoms with Crippen molar-refractivity contribution in [1.82, 2.24) is 14.5 Å². The first-order valence-electron chi connectivity index (χ1n) is 21.1. The SMILES string of the molecule is Fc1ccc2c(c1)oc1c(-c3nc4ccccc4n3-c3ccc(-c4ccccc4)cc3-c3ccccc3)[c-]cc(-c3ccccc3)c12.[CH3][Ge]([CH3])([CH3])[c]1ccc(-c2[c-]cccc2)nc1.[Ir]. The van der Waals surface area contributed by atoms with Gasteiger partial charge in [0.15, 0.2) is 0 Å². The van der Waals surface area contributed by atoms with Crippen LogP contribution in [0, 0.1) is 17.9 Å². The third kappa shape index (κ3) is 8.40. The van der Waals surface area contributed by atoms with Crippen molar-refractivity contribution in [3.8, 4) is 61.7 Å². The second-order valence-corrected chi connectivity index (χ2v) is 27.2. The number of para-hydroxylation sites is 2. The normalized spacial score (nSPS) is 11.3. The van der Waals surface area contributed by atoms with E-state index in [1.165, 1.54) is 16.5 Å². The Morgan fingerprint density at radius 3 is 1.95 bits per heavy atom. The fourth-order valence-corrected chi connectivity index (χ4v) is 10.4. The van der Waals surface area contributed by atoms with Crippen LogP contribution in [0.5, 0.6) is 0 Å². The van der Waals surface area contributed by atoms with E-state index >= 15 is 0 Å². The van der Waals surface area contributed by atoms with E-state index in [1.807, 2.05) is 85.1 Å². The van der Waals surface area contributed by atoms with Crippen LogP contribution in [0.4, 0.5) is 4.39 Å². The average Bonchev–Trinajstić information content (AvgIpc) is 3.91. The van der Waals surface area contributed by atoms with E-state index in [2.05, 4.69) is 136 Å². The molecule has 0 saturated heterocycles. The Hall–Kier alpha value is -6.70. The van der Waals surface area contributed by atoms with Gasteiger partial charge in [-0.25, -0.2) is 4.39 Å². The van der Waals surface area contributed by atoms with Gasteiger partial charge in [-0.3, -0.25) is 4.98 Å². The fraction of sp³-hybridized carbons (Fsp3) is 0.0526. The predicted octanol–water partition coefficient (Wildman–Crippen LogP) is 14.6. The van der Waals surface area contributed by atoms with Crippen molar-refractivity contribution in [3.05, 3.63) is 218 Å². The van der Waals surface area contributed by atoms with Crippen molar-refractivity contribution >= 4 is 50.6 Å². The van der Waals surface area contributed by atoms with Crippen LogP contribution in [-0.4, -0.2) is 27.8 Å². The van der Waals surface area contributed by atoms with Crippen molar-refractivity contribution in [2.24, 2.45) is 0 Å². The van der Waals surface area contributed by atoms with Crippen LogP contribution >= 0.6 is 0 Å². The number of benzene rings is 8. The van der Waals surface area contributed by atoms with Gasteiger partial charge in [0.05, 0.1) is 22.4 Å². The number of hydrogen-bond donors (Lipinski definition) is 0. The van der Waals surface area contributed by atoms with Gasteiger partial charge in [-0.05, 0) is 58.5 Å². The van der Waals surface area contributed by atoms with Crippen molar-refractivity contribution in [3.63, 3.8) is 0 Å². The molecule has 0 unspecified atom stereocenters. The number of hydrogen-bond acceptors (Lipinski definition) is 3. The minimum atomic E-state index is -1.72. The molecular weight excluding hydrogens is 1030 g/mol. The first-order chi connectivity index (χ1) is 30.8. The molecule has 0 fully saturated rings. The van der Waals surface area contributed by atoms with Gasteiger partial charge in [0, 0.05) is 42.8 Å². The van der Waals surface area contributed by atoms with Crippen LogP contribution < -0.4 is 4.40 Å². The third-order valence-corrected chi connectivity index (χ3v) is 15.7. The summed E-state index contributed by atoms with van der Waals surface area (Å²) in [5.41, 5.74) is 13.1. The van der Waals surface area contributed by atoms with Crippen LogP contribution in [0.15, 0.2) is 205 Å². The molecule has 0 N–H and O–H groups in total. The Bertz CT molecular complexity index is 3370. The Morgan fingerprint density at radius 2 is 1.28 bits per heavy atom. The molecule has 0 saturated carbocycles. The molecule has 64 heavy (non-hydrogen) atoms. The van der Waals surface area contributed by atoms with E-state index in [4.69, 9.17) is 9.40 Å². The summed E-state index contributed by atoms with van der Waals surface area (Å²) in [6.45, 7) is 0. The molecule has 11 rings (SSSR count). The molecule has 1 radical (unpaired) electrons. The summed E-state index contributed by atoms with van der Waals surface area (Å²) in [6.07, 6.45) is 2.04. The maximum Gasteiger partial charge on any atom is 0 e. The smallest absolute Gasteiger partial charge is 0 e. The van der Waals surface area contributed by atoms with Crippen molar-refractivity contribution in [2.75, 3.05) is 0 Å². The van der Waals surface area contributed by atoms with Gasteiger partial charge in [-0.2, -0.15) is 0 Å². The number of furan rings is 1. The van der Waals surface area contributed by atoms with Crippen LogP contribution in [0.25, 0.3) is 94.7 Å². The van der Waals surface area contributed by atoms with Gasteiger partial charge >= 0.3 is 99.8 Å². The van der Waals surface area contributed by atoms with Crippen LogP contribution in [0.2, 0.25) is 17.3 Å². The molecular formula is C57H42FGeIrN3O-2. The van der Waals surface area contributed by atoms with Crippen LogP contribution in [-0.2, 0) is 20.1 Å². The standard InChI is InChI=1S/C43H26FN2O.C14H16GeN.Ir/c44-32-21-22-34-40(27-32)47-42-35(24-23-33(41(34)42)29-14-6-2-7-15-29)43-45-37-18-10-11-19-39(37)46(43)38-25-20-31(28-12-4-1-5-13-28)26-36(38)30-16-8-3-9-17-30;1-15(2,3)13-9-10-14(16-11-13)12-7-5-4-6-8-12;/h1-23,25-27H;4-7,9-11H,1-3H3;/q2*-1;. The molecule has 0 spiro atoms. The largest absolute Gasteiger partial charge is 0 e. The number of fused-ring (bicyclic) bond motifs is 4. The first-order valence-corrected chi connectivity index (χ1v) is 28.4. The van der Waals surface area contributed by atoms with E-state index in [1.54, 1.807) is 6.07 Å². The Kier molecular flexibility index (Phi) is 12.1. The molecule has 0 aliphatic heterocycles. The maximum absolute atomic E-state index is 14.5. The Morgan fingerprint density at radius 1 is 0.609 bits per heavy atom. The van der Waals surface area contributed by atoms with E-state index in [0.717, 1.165) is 72.1 Å². The summed E-state index contributed by atoms with van der Waals surface area (Å²) in [6, 6.07) is 71.6. The predicted molar refractivity (Wildman–Crippen MR) is 260 cm³/mol. The summed E-state index contributed by atoms with van der Waals surface area (Å²) >= 11 is -1.72. The summed E-state index contributed by atoms with van der Waals surface area (Å²) in [5.74, 6) is 7.49. The summed E-state index contributed by atoms with van der Waals surface area (Å²) in [7, 11) is 0. The number of aromatic nitrogens is 3. The molecule has 4 nitrogen and oxygen atoms in total. The molecule has 3 heterocycles. The summed E-state index contributed by atoms with van der Waals surface area (Å²) in [4.78, 5) is 9.74. The Balaban J connectivity index is 0.000000258. The van der Waals surface area contributed by atoms with Gasteiger partial charge in [0.25, 0.3) is 0 Å². The number of rotatable bonds is 7.